The van der Waals surface area contributed by atoms with Gasteiger partial charge in [-0.05, 0) is 63.2 Å². The van der Waals surface area contributed by atoms with Crippen molar-refractivity contribution < 1.29 is 19.1 Å². The van der Waals surface area contributed by atoms with E-state index in [1.165, 1.54) is 17.4 Å². The Morgan fingerprint density at radius 3 is 2.18 bits per heavy atom. The zero-order valence-electron chi connectivity index (χ0n) is 20.1. The van der Waals surface area contributed by atoms with Crippen LogP contribution in [-0.4, -0.2) is 27.8 Å². The van der Waals surface area contributed by atoms with Crippen LogP contribution in [0.5, 0.6) is 11.5 Å². The maximum absolute atomic E-state index is 12.6. The smallest absolute Gasteiger partial charge is 0.412 e. The van der Waals surface area contributed by atoms with Crippen molar-refractivity contribution in [3.63, 3.8) is 0 Å². The van der Waals surface area contributed by atoms with E-state index in [1.807, 2.05) is 20.8 Å². The first kappa shape index (κ1) is 25.0. The molecule has 1 aromatic heterocycles. The van der Waals surface area contributed by atoms with Crippen LogP contribution in [0.1, 0.15) is 56.9 Å². The van der Waals surface area contributed by atoms with Gasteiger partial charge in [0.15, 0.2) is 0 Å². The van der Waals surface area contributed by atoms with Crippen molar-refractivity contribution in [1.29, 1.82) is 0 Å². The Kier molecular flexibility index (Phi) is 7.11. The summed E-state index contributed by atoms with van der Waals surface area (Å²) in [5.41, 5.74) is 6.62. The number of nitrogens with zero attached hydrogens (tertiary/aromatic N) is 2. The Bertz CT molecular complexity index is 1180. The number of hydrogen-bond donors (Lipinski definition) is 3. The van der Waals surface area contributed by atoms with E-state index in [-0.39, 0.29) is 11.3 Å². The SMILES string of the molecule is CC(C)(C)OC(=O)Nc1ccc(Oc2ccc(C(=O)Nc3nnc(C(C)(C)C)s3)cc2N)cc1. The number of nitrogens with one attached hydrogen (secondary N) is 2. The monoisotopic (exact) mass is 483 g/mol. The number of aromatic nitrogens is 2. The molecule has 2 amide bonds. The van der Waals surface area contributed by atoms with Crippen LogP contribution in [0.4, 0.5) is 21.3 Å². The summed E-state index contributed by atoms with van der Waals surface area (Å²) in [7, 11) is 0. The molecule has 10 heteroatoms. The summed E-state index contributed by atoms with van der Waals surface area (Å²) in [4.78, 5) is 24.5. The fraction of sp³-hybridized carbons (Fsp3) is 0.333. The van der Waals surface area contributed by atoms with Crippen molar-refractivity contribution in [1.82, 2.24) is 10.2 Å². The Morgan fingerprint density at radius 1 is 0.941 bits per heavy atom. The summed E-state index contributed by atoms with van der Waals surface area (Å²) in [6, 6.07) is 11.5. The highest BCUT2D eigenvalue weighted by Crippen LogP contribution is 2.31. The molecular formula is C24H29N5O4S. The number of hydrogen-bond acceptors (Lipinski definition) is 8. The highest BCUT2D eigenvalue weighted by molar-refractivity contribution is 7.15. The minimum Gasteiger partial charge on any atom is -0.455 e. The second-order valence-electron chi connectivity index (χ2n) is 9.62. The average molecular weight is 484 g/mol. The normalized spacial score (nSPS) is 11.6. The number of nitrogen functional groups attached to an aromatic ring is 1. The Morgan fingerprint density at radius 2 is 1.62 bits per heavy atom. The molecule has 0 saturated heterocycles. The van der Waals surface area contributed by atoms with Crippen molar-refractivity contribution in [3.8, 4) is 11.5 Å². The van der Waals surface area contributed by atoms with E-state index in [0.717, 1.165) is 5.01 Å². The molecule has 4 N–H and O–H groups in total. The molecule has 0 unspecified atom stereocenters. The summed E-state index contributed by atoms with van der Waals surface area (Å²) in [5.74, 6) is 0.574. The first-order valence-corrected chi connectivity index (χ1v) is 11.4. The van der Waals surface area contributed by atoms with Gasteiger partial charge in [0.25, 0.3) is 5.91 Å². The molecule has 180 valence electrons. The van der Waals surface area contributed by atoms with Crippen molar-refractivity contribution in [2.45, 2.75) is 52.6 Å². The van der Waals surface area contributed by atoms with Crippen LogP contribution in [0.25, 0.3) is 0 Å². The molecule has 0 radical (unpaired) electrons. The van der Waals surface area contributed by atoms with Gasteiger partial charge in [0.05, 0.1) is 5.69 Å². The maximum atomic E-state index is 12.6. The second-order valence-corrected chi connectivity index (χ2v) is 10.6. The topological polar surface area (TPSA) is 128 Å². The molecule has 0 fully saturated rings. The summed E-state index contributed by atoms with van der Waals surface area (Å²) >= 11 is 1.33. The van der Waals surface area contributed by atoms with Gasteiger partial charge < -0.3 is 15.2 Å². The third kappa shape index (κ3) is 6.92. The Hall–Kier alpha value is -3.66. The lowest BCUT2D eigenvalue weighted by molar-refractivity contribution is 0.0635. The summed E-state index contributed by atoms with van der Waals surface area (Å²) < 4.78 is 11.1. The van der Waals surface area contributed by atoms with Crippen LogP contribution in [-0.2, 0) is 10.2 Å². The summed E-state index contributed by atoms with van der Waals surface area (Å²) in [5, 5.41) is 14.8. The number of nitrogens with two attached hydrogens (primary N) is 1. The van der Waals surface area contributed by atoms with E-state index in [1.54, 1.807) is 57.2 Å². The molecular weight excluding hydrogens is 454 g/mol. The van der Waals surface area contributed by atoms with Crippen molar-refractivity contribution in [2.24, 2.45) is 0 Å². The predicted molar refractivity (Wildman–Crippen MR) is 134 cm³/mol. The molecule has 3 rings (SSSR count). The molecule has 0 aliphatic heterocycles. The molecule has 0 atom stereocenters. The number of carbonyl (C=O) groups is 2. The molecule has 34 heavy (non-hydrogen) atoms. The summed E-state index contributed by atoms with van der Waals surface area (Å²) in [6.45, 7) is 11.5. The number of benzene rings is 2. The fourth-order valence-corrected chi connectivity index (χ4v) is 3.48. The number of ether oxygens (including phenoxy) is 2. The quantitative estimate of drug-likeness (QED) is 0.391. The Balaban J connectivity index is 1.62. The van der Waals surface area contributed by atoms with Gasteiger partial charge in [0, 0.05) is 16.7 Å². The van der Waals surface area contributed by atoms with E-state index in [0.29, 0.717) is 33.6 Å². The molecule has 0 saturated carbocycles. The van der Waals surface area contributed by atoms with Crippen LogP contribution in [0.2, 0.25) is 0 Å². The molecule has 0 aliphatic carbocycles. The molecule has 0 spiro atoms. The van der Waals surface area contributed by atoms with Crippen molar-refractivity contribution >= 4 is 39.8 Å². The van der Waals surface area contributed by atoms with Gasteiger partial charge in [-0.3, -0.25) is 15.4 Å². The maximum Gasteiger partial charge on any atom is 0.412 e. The lowest BCUT2D eigenvalue weighted by Crippen LogP contribution is -2.27. The minimum atomic E-state index is -0.583. The van der Waals surface area contributed by atoms with Crippen LogP contribution < -0.4 is 21.1 Å². The van der Waals surface area contributed by atoms with Crippen LogP contribution >= 0.6 is 11.3 Å². The molecule has 3 aromatic rings. The van der Waals surface area contributed by atoms with E-state index in [4.69, 9.17) is 15.2 Å². The van der Waals surface area contributed by atoms with Crippen molar-refractivity contribution in [2.75, 3.05) is 16.4 Å². The molecule has 1 heterocycles. The number of anilines is 3. The third-order valence-corrected chi connectivity index (χ3v) is 5.55. The minimum absolute atomic E-state index is 0.145. The van der Waals surface area contributed by atoms with E-state index < -0.39 is 11.7 Å². The van der Waals surface area contributed by atoms with E-state index >= 15 is 0 Å². The zero-order chi connectivity index (χ0) is 25.1. The first-order chi connectivity index (χ1) is 15.8. The second kappa shape index (κ2) is 9.68. The fourth-order valence-electron chi connectivity index (χ4n) is 2.68. The van der Waals surface area contributed by atoms with Crippen LogP contribution in [0.15, 0.2) is 42.5 Å². The van der Waals surface area contributed by atoms with Gasteiger partial charge in [-0.25, -0.2) is 4.79 Å². The molecule has 9 nitrogen and oxygen atoms in total. The summed E-state index contributed by atoms with van der Waals surface area (Å²) in [6.07, 6.45) is -0.539. The van der Waals surface area contributed by atoms with Crippen LogP contribution in [0.3, 0.4) is 0 Å². The van der Waals surface area contributed by atoms with Gasteiger partial charge in [0.1, 0.15) is 22.1 Å². The van der Waals surface area contributed by atoms with Gasteiger partial charge in [0.2, 0.25) is 5.13 Å². The highest BCUT2D eigenvalue weighted by atomic mass is 32.1. The third-order valence-electron chi connectivity index (χ3n) is 4.29. The van der Waals surface area contributed by atoms with Crippen LogP contribution in [0, 0.1) is 0 Å². The van der Waals surface area contributed by atoms with E-state index in [9.17, 15) is 9.59 Å². The lowest BCUT2D eigenvalue weighted by Gasteiger charge is -2.19. The Labute approximate surface area is 202 Å². The highest BCUT2D eigenvalue weighted by Gasteiger charge is 2.20. The molecule has 0 bridgehead atoms. The predicted octanol–water partition coefficient (Wildman–Crippen LogP) is 5.81. The zero-order valence-corrected chi connectivity index (χ0v) is 20.9. The van der Waals surface area contributed by atoms with Gasteiger partial charge in [-0.15, -0.1) is 10.2 Å². The van der Waals surface area contributed by atoms with Gasteiger partial charge in [-0.1, -0.05) is 32.1 Å². The van der Waals surface area contributed by atoms with E-state index in [2.05, 4.69) is 20.8 Å². The lowest BCUT2D eigenvalue weighted by atomic mass is 9.98. The standard InChI is InChI=1S/C24H29N5O4S/c1-23(2,3)20-28-29-21(34-20)27-19(30)14-7-12-18(17(25)13-14)32-16-10-8-15(9-11-16)26-22(31)33-24(4,5)6/h7-13H,25H2,1-6H3,(H,26,31)(H,27,29,30). The number of carbonyl (C=O) groups excluding carboxylic acids is 2. The number of rotatable bonds is 5. The molecule has 2 aromatic carbocycles. The van der Waals surface area contributed by atoms with Gasteiger partial charge in [-0.2, -0.15) is 0 Å². The van der Waals surface area contributed by atoms with Gasteiger partial charge >= 0.3 is 6.09 Å². The number of amides is 2. The molecule has 0 aliphatic rings. The average Bonchev–Trinajstić information content (AvgIpc) is 3.18. The largest absolute Gasteiger partial charge is 0.455 e. The first-order valence-electron chi connectivity index (χ1n) is 10.6. The van der Waals surface area contributed by atoms with Crippen molar-refractivity contribution in [3.05, 3.63) is 53.0 Å².